The van der Waals surface area contributed by atoms with Crippen LogP contribution in [0.1, 0.15) is 75.8 Å². The van der Waals surface area contributed by atoms with E-state index in [9.17, 15) is 0 Å². The standard InChI is InChI=1S/C26H35N5O/c1-26(2)23(30-22-24(27)28-17-29-25(22)32-26)21-12-10-20(11-13-21)19-8-6-18(7-9-19)16-31-14-4-3-5-15-31/h10-13,17-19H,3-9,14-16H2,1-2H3,(H2,27,28,29)/t18-,19-. The molecule has 1 saturated heterocycles. The second-order valence-corrected chi connectivity index (χ2v) is 10.2. The number of hydrogen-bond acceptors (Lipinski definition) is 6. The lowest BCUT2D eigenvalue weighted by molar-refractivity contribution is 0.169. The minimum absolute atomic E-state index is 0.348. The molecule has 2 fully saturated rings. The van der Waals surface area contributed by atoms with Gasteiger partial charge in [0.25, 0.3) is 0 Å². The van der Waals surface area contributed by atoms with Crippen LogP contribution in [0.15, 0.2) is 35.6 Å². The third kappa shape index (κ3) is 4.38. The fraction of sp³-hybridized carbons (Fsp3) is 0.577. The molecule has 5 rings (SSSR count). The van der Waals surface area contributed by atoms with Crippen molar-refractivity contribution in [2.45, 2.75) is 70.3 Å². The normalized spacial score (nSPS) is 25.5. The number of nitrogens with two attached hydrogens (primary N) is 1. The second-order valence-electron chi connectivity index (χ2n) is 10.2. The predicted molar refractivity (Wildman–Crippen MR) is 129 cm³/mol. The minimum Gasteiger partial charge on any atom is -0.463 e. The molecule has 2 N–H and O–H groups in total. The largest absolute Gasteiger partial charge is 0.463 e. The van der Waals surface area contributed by atoms with Gasteiger partial charge in [-0.05, 0) is 82.9 Å². The monoisotopic (exact) mass is 433 g/mol. The molecule has 0 radical (unpaired) electrons. The number of hydrogen-bond donors (Lipinski definition) is 1. The highest BCUT2D eigenvalue weighted by atomic mass is 16.5. The molecule has 0 spiro atoms. The predicted octanol–water partition coefficient (Wildman–Crippen LogP) is 5.11. The van der Waals surface area contributed by atoms with Crippen molar-refractivity contribution in [2.24, 2.45) is 10.9 Å². The lowest BCUT2D eigenvalue weighted by Crippen LogP contribution is -2.41. The molecule has 1 aromatic carbocycles. The van der Waals surface area contributed by atoms with Gasteiger partial charge in [-0.25, -0.2) is 9.98 Å². The number of piperidine rings is 1. The maximum atomic E-state index is 6.12. The first-order valence-corrected chi connectivity index (χ1v) is 12.2. The maximum absolute atomic E-state index is 6.12. The van der Waals surface area contributed by atoms with Gasteiger partial charge in [-0.15, -0.1) is 0 Å². The number of fused-ring (bicyclic) bond motifs is 1. The first-order chi connectivity index (χ1) is 15.5. The lowest BCUT2D eigenvalue weighted by Gasteiger charge is -2.34. The van der Waals surface area contributed by atoms with E-state index in [1.54, 1.807) is 0 Å². The first kappa shape index (κ1) is 21.4. The average molecular weight is 434 g/mol. The van der Waals surface area contributed by atoms with Crippen LogP contribution in [0.5, 0.6) is 5.88 Å². The molecule has 0 atom stereocenters. The summed E-state index contributed by atoms with van der Waals surface area (Å²) in [4.78, 5) is 15.8. The quantitative estimate of drug-likeness (QED) is 0.725. The molecule has 6 heteroatoms. The highest BCUT2D eigenvalue weighted by molar-refractivity contribution is 6.09. The zero-order chi connectivity index (χ0) is 22.1. The molecular formula is C26H35N5O. The van der Waals surface area contributed by atoms with Crippen molar-refractivity contribution >= 4 is 17.2 Å². The fourth-order valence-corrected chi connectivity index (χ4v) is 5.60. The summed E-state index contributed by atoms with van der Waals surface area (Å²) < 4.78 is 6.12. The van der Waals surface area contributed by atoms with Crippen LogP contribution in [0.3, 0.4) is 0 Å². The van der Waals surface area contributed by atoms with E-state index in [4.69, 9.17) is 15.5 Å². The number of nitrogen functional groups attached to an aromatic ring is 1. The van der Waals surface area contributed by atoms with Gasteiger partial charge < -0.3 is 15.4 Å². The molecule has 3 heterocycles. The van der Waals surface area contributed by atoms with Crippen LogP contribution in [-0.4, -0.2) is 45.8 Å². The molecule has 6 nitrogen and oxygen atoms in total. The van der Waals surface area contributed by atoms with Gasteiger partial charge in [0, 0.05) is 12.1 Å². The Hall–Kier alpha value is -2.47. The van der Waals surface area contributed by atoms with Crippen LogP contribution in [0.4, 0.5) is 11.5 Å². The van der Waals surface area contributed by atoms with Crippen molar-refractivity contribution in [2.75, 3.05) is 25.4 Å². The smallest absolute Gasteiger partial charge is 0.246 e. The van der Waals surface area contributed by atoms with Crippen molar-refractivity contribution < 1.29 is 4.74 Å². The summed E-state index contributed by atoms with van der Waals surface area (Å²) in [5, 5.41) is 0. The van der Waals surface area contributed by atoms with Gasteiger partial charge >= 0.3 is 0 Å². The summed E-state index contributed by atoms with van der Waals surface area (Å²) in [6.07, 6.45) is 10.9. The highest BCUT2D eigenvalue weighted by Crippen LogP contribution is 2.40. The highest BCUT2D eigenvalue weighted by Gasteiger charge is 2.35. The molecule has 170 valence electrons. The van der Waals surface area contributed by atoms with Crippen LogP contribution >= 0.6 is 0 Å². The molecule has 2 aromatic rings. The second kappa shape index (κ2) is 8.81. The molecule has 2 aliphatic heterocycles. The van der Waals surface area contributed by atoms with Gasteiger partial charge in [0.2, 0.25) is 5.88 Å². The van der Waals surface area contributed by atoms with E-state index in [0.29, 0.717) is 23.3 Å². The van der Waals surface area contributed by atoms with Crippen LogP contribution in [0.25, 0.3) is 0 Å². The van der Waals surface area contributed by atoms with Gasteiger partial charge in [-0.3, -0.25) is 0 Å². The van der Waals surface area contributed by atoms with Gasteiger partial charge in [0.05, 0.1) is 5.71 Å². The summed E-state index contributed by atoms with van der Waals surface area (Å²) in [5.41, 5.74) is 9.34. The van der Waals surface area contributed by atoms with Crippen LogP contribution < -0.4 is 10.5 Å². The molecular weight excluding hydrogens is 398 g/mol. The van der Waals surface area contributed by atoms with E-state index in [1.165, 1.54) is 76.5 Å². The van der Waals surface area contributed by atoms with Crippen LogP contribution in [-0.2, 0) is 0 Å². The number of anilines is 1. The first-order valence-electron chi connectivity index (χ1n) is 12.2. The van der Waals surface area contributed by atoms with Crippen LogP contribution in [0, 0.1) is 5.92 Å². The van der Waals surface area contributed by atoms with Gasteiger partial charge in [0.15, 0.2) is 11.5 Å². The van der Waals surface area contributed by atoms with Crippen molar-refractivity contribution in [1.82, 2.24) is 14.9 Å². The maximum Gasteiger partial charge on any atom is 0.246 e. The van der Waals surface area contributed by atoms with E-state index >= 15 is 0 Å². The topological polar surface area (TPSA) is 76.6 Å². The summed E-state index contributed by atoms with van der Waals surface area (Å²) in [7, 11) is 0. The summed E-state index contributed by atoms with van der Waals surface area (Å²) >= 11 is 0. The van der Waals surface area contributed by atoms with Crippen LogP contribution in [0.2, 0.25) is 0 Å². The molecule has 0 unspecified atom stereocenters. The number of rotatable bonds is 4. The average Bonchev–Trinajstić information content (AvgIpc) is 2.80. The molecule has 1 aromatic heterocycles. The number of nitrogens with zero attached hydrogens (tertiary/aromatic N) is 4. The zero-order valence-corrected chi connectivity index (χ0v) is 19.4. The summed E-state index contributed by atoms with van der Waals surface area (Å²) in [6, 6.07) is 8.93. The number of likely N-dealkylation sites (tertiary alicyclic amines) is 1. The van der Waals surface area contributed by atoms with Gasteiger partial charge in [0.1, 0.15) is 11.9 Å². The molecule has 32 heavy (non-hydrogen) atoms. The number of aliphatic imine (C=N–C) groups is 1. The fourth-order valence-electron chi connectivity index (χ4n) is 5.60. The number of benzene rings is 1. The molecule has 0 bridgehead atoms. The van der Waals surface area contributed by atoms with E-state index in [-0.39, 0.29) is 0 Å². The molecule has 0 amide bonds. The Morgan fingerprint density at radius 3 is 2.44 bits per heavy atom. The van der Waals surface area contributed by atoms with E-state index in [1.807, 2.05) is 13.8 Å². The van der Waals surface area contributed by atoms with Crippen molar-refractivity contribution in [3.63, 3.8) is 0 Å². The van der Waals surface area contributed by atoms with Gasteiger partial charge in [-0.2, -0.15) is 4.98 Å². The summed E-state index contributed by atoms with van der Waals surface area (Å²) in [6.45, 7) is 7.98. The Kier molecular flexibility index (Phi) is 5.89. The third-order valence-electron chi connectivity index (χ3n) is 7.43. The Bertz CT molecular complexity index is 970. The SMILES string of the molecule is CC1(C)Oc2ncnc(N)c2N=C1c1ccc([C@H]2CC[C@H](CN3CCCCC3)CC2)cc1. The van der Waals surface area contributed by atoms with E-state index in [0.717, 1.165) is 17.2 Å². The Morgan fingerprint density at radius 2 is 1.72 bits per heavy atom. The van der Waals surface area contributed by atoms with Crippen molar-refractivity contribution in [3.8, 4) is 5.88 Å². The van der Waals surface area contributed by atoms with E-state index in [2.05, 4.69) is 39.1 Å². The van der Waals surface area contributed by atoms with Gasteiger partial charge in [-0.1, -0.05) is 30.7 Å². The van der Waals surface area contributed by atoms with Crippen molar-refractivity contribution in [1.29, 1.82) is 0 Å². The third-order valence-corrected chi connectivity index (χ3v) is 7.43. The lowest BCUT2D eigenvalue weighted by atomic mass is 9.78. The Balaban J connectivity index is 1.26. The Labute approximate surface area is 191 Å². The van der Waals surface area contributed by atoms with Crippen molar-refractivity contribution in [3.05, 3.63) is 41.7 Å². The molecule has 1 saturated carbocycles. The molecule has 3 aliphatic rings. The zero-order valence-electron chi connectivity index (χ0n) is 19.4. The van der Waals surface area contributed by atoms with E-state index < -0.39 is 5.60 Å². The number of aromatic nitrogens is 2. The number of ether oxygens (including phenoxy) is 1. The summed E-state index contributed by atoms with van der Waals surface area (Å²) in [5.74, 6) is 2.35. The Morgan fingerprint density at radius 1 is 1.00 bits per heavy atom. The molecule has 1 aliphatic carbocycles. The minimum atomic E-state index is -0.582.